The first-order valence-corrected chi connectivity index (χ1v) is 11.2. The van der Waals surface area contributed by atoms with Crippen LogP contribution in [0.25, 0.3) is 0 Å². The fourth-order valence-electron chi connectivity index (χ4n) is 3.54. The Balaban J connectivity index is 3.19. The van der Waals surface area contributed by atoms with Crippen LogP contribution in [-0.4, -0.2) is 12.1 Å². The van der Waals surface area contributed by atoms with Crippen LogP contribution in [0.5, 0.6) is 0 Å². The van der Waals surface area contributed by atoms with E-state index in [1.807, 2.05) is 0 Å². The van der Waals surface area contributed by atoms with E-state index in [1.165, 1.54) is 116 Å². The lowest BCUT2D eigenvalue weighted by Crippen LogP contribution is -2.21. The van der Waals surface area contributed by atoms with Gasteiger partial charge in [-0.25, -0.2) is 0 Å². The molecule has 4 N–H and O–H groups in total. The monoisotopic (exact) mass is 340 g/mol. The van der Waals surface area contributed by atoms with Crippen molar-refractivity contribution in [2.45, 2.75) is 142 Å². The molecule has 0 aromatic rings. The van der Waals surface area contributed by atoms with Crippen LogP contribution in [0.2, 0.25) is 0 Å². The third-order valence-corrected chi connectivity index (χ3v) is 5.24. The van der Waals surface area contributed by atoms with Gasteiger partial charge in [-0.05, 0) is 25.7 Å². The lowest BCUT2D eigenvalue weighted by Gasteiger charge is -2.13. The van der Waals surface area contributed by atoms with E-state index in [0.29, 0.717) is 12.1 Å². The van der Waals surface area contributed by atoms with Crippen molar-refractivity contribution < 1.29 is 0 Å². The maximum absolute atomic E-state index is 6.24. The number of rotatable bonds is 19. The molecule has 0 aromatic heterocycles. The summed E-state index contributed by atoms with van der Waals surface area (Å²) in [5.74, 6) is 0. The molecule has 0 aliphatic rings. The summed E-state index contributed by atoms with van der Waals surface area (Å²) >= 11 is 0. The van der Waals surface area contributed by atoms with E-state index in [0.717, 1.165) is 0 Å². The molecule has 2 nitrogen and oxygen atoms in total. The molecule has 2 heteroatoms. The molecule has 2 unspecified atom stereocenters. The van der Waals surface area contributed by atoms with E-state index in [2.05, 4.69) is 13.8 Å². The van der Waals surface area contributed by atoms with Crippen molar-refractivity contribution in [3.63, 3.8) is 0 Å². The summed E-state index contributed by atoms with van der Waals surface area (Å²) in [5, 5.41) is 0. The minimum atomic E-state index is 0.415. The minimum Gasteiger partial charge on any atom is -0.328 e. The van der Waals surface area contributed by atoms with E-state index >= 15 is 0 Å². The van der Waals surface area contributed by atoms with E-state index in [1.54, 1.807) is 0 Å². The lowest BCUT2D eigenvalue weighted by molar-refractivity contribution is 0.466. The van der Waals surface area contributed by atoms with Crippen molar-refractivity contribution in [2.75, 3.05) is 0 Å². The largest absolute Gasteiger partial charge is 0.328 e. The second kappa shape index (κ2) is 19.2. The molecule has 0 aromatic carbocycles. The molecule has 0 amide bonds. The van der Waals surface area contributed by atoms with Crippen LogP contribution in [0.15, 0.2) is 0 Å². The highest BCUT2D eigenvalue weighted by Gasteiger charge is 2.04. The average Bonchev–Trinajstić information content (AvgIpc) is 2.57. The molecule has 24 heavy (non-hydrogen) atoms. The molecule has 0 saturated carbocycles. The summed E-state index contributed by atoms with van der Waals surface area (Å²) in [5.41, 5.74) is 12.3. The Morgan fingerprint density at radius 2 is 0.750 bits per heavy atom. The summed E-state index contributed by atoms with van der Waals surface area (Å²) in [7, 11) is 0. The van der Waals surface area contributed by atoms with Gasteiger partial charge in [0, 0.05) is 12.1 Å². The van der Waals surface area contributed by atoms with Crippen LogP contribution in [0.1, 0.15) is 129 Å². The topological polar surface area (TPSA) is 52.0 Å². The molecule has 0 aliphatic heterocycles. The number of nitrogens with two attached hydrogens (primary N) is 2. The smallest absolute Gasteiger partial charge is 0.00388 e. The predicted octanol–water partition coefficient (Wildman–Crippen LogP) is 6.70. The molecule has 0 rings (SSSR count). The van der Waals surface area contributed by atoms with Gasteiger partial charge in [-0.3, -0.25) is 0 Å². The van der Waals surface area contributed by atoms with E-state index < -0.39 is 0 Å². The van der Waals surface area contributed by atoms with E-state index in [4.69, 9.17) is 11.5 Å². The summed E-state index contributed by atoms with van der Waals surface area (Å²) < 4.78 is 0. The second-order valence-corrected chi connectivity index (χ2v) is 7.92. The Bertz CT molecular complexity index is 230. The van der Waals surface area contributed by atoms with Crippen molar-refractivity contribution in [3.8, 4) is 0 Å². The van der Waals surface area contributed by atoms with Crippen LogP contribution >= 0.6 is 0 Å². The van der Waals surface area contributed by atoms with Crippen LogP contribution in [-0.2, 0) is 0 Å². The fraction of sp³-hybridized carbons (Fsp3) is 1.00. The standard InChI is InChI=1S/C22H48N2/c1-3-5-6-7-8-9-10-11-12-13-14-18-22(24)20-16-15-19-21(23)17-4-2/h21-22H,3-20,23-24H2,1-2H3. The highest BCUT2D eigenvalue weighted by Crippen LogP contribution is 2.14. The zero-order valence-corrected chi connectivity index (χ0v) is 17.0. The fourth-order valence-corrected chi connectivity index (χ4v) is 3.54. The summed E-state index contributed by atoms with van der Waals surface area (Å²) in [6.07, 6.45) is 24.0. The number of hydrogen-bond acceptors (Lipinski definition) is 2. The van der Waals surface area contributed by atoms with Crippen molar-refractivity contribution in [1.29, 1.82) is 0 Å². The van der Waals surface area contributed by atoms with E-state index in [9.17, 15) is 0 Å². The Morgan fingerprint density at radius 1 is 0.417 bits per heavy atom. The number of unbranched alkanes of at least 4 members (excludes halogenated alkanes) is 11. The zero-order valence-electron chi connectivity index (χ0n) is 17.0. The van der Waals surface area contributed by atoms with Crippen LogP contribution in [0.3, 0.4) is 0 Å². The van der Waals surface area contributed by atoms with Gasteiger partial charge in [-0.1, -0.05) is 104 Å². The summed E-state index contributed by atoms with van der Waals surface area (Å²) in [4.78, 5) is 0. The lowest BCUT2D eigenvalue weighted by atomic mass is 9.99. The molecule has 0 heterocycles. The minimum absolute atomic E-state index is 0.415. The first-order chi connectivity index (χ1) is 11.7. The van der Waals surface area contributed by atoms with Gasteiger partial charge >= 0.3 is 0 Å². The van der Waals surface area contributed by atoms with Gasteiger partial charge in [0.15, 0.2) is 0 Å². The van der Waals surface area contributed by atoms with Gasteiger partial charge in [-0.2, -0.15) is 0 Å². The zero-order chi connectivity index (χ0) is 17.9. The predicted molar refractivity (Wildman–Crippen MR) is 110 cm³/mol. The molecule has 146 valence electrons. The van der Waals surface area contributed by atoms with Gasteiger partial charge in [0.2, 0.25) is 0 Å². The van der Waals surface area contributed by atoms with Crippen LogP contribution in [0.4, 0.5) is 0 Å². The molecule has 0 fully saturated rings. The highest BCUT2D eigenvalue weighted by molar-refractivity contribution is 4.65. The molecular formula is C22H48N2. The third-order valence-electron chi connectivity index (χ3n) is 5.24. The Hall–Kier alpha value is -0.0800. The Morgan fingerprint density at radius 3 is 1.17 bits per heavy atom. The average molecular weight is 341 g/mol. The molecule has 0 saturated heterocycles. The number of hydrogen-bond donors (Lipinski definition) is 2. The van der Waals surface area contributed by atoms with Crippen LogP contribution in [0, 0.1) is 0 Å². The van der Waals surface area contributed by atoms with Gasteiger partial charge in [0.1, 0.15) is 0 Å². The van der Waals surface area contributed by atoms with Crippen molar-refractivity contribution in [3.05, 3.63) is 0 Å². The summed E-state index contributed by atoms with van der Waals surface area (Å²) in [6.45, 7) is 4.50. The van der Waals surface area contributed by atoms with Crippen molar-refractivity contribution in [2.24, 2.45) is 11.5 Å². The third kappa shape index (κ3) is 18.3. The maximum Gasteiger partial charge on any atom is 0.00388 e. The molecule has 0 bridgehead atoms. The molecule has 0 radical (unpaired) electrons. The van der Waals surface area contributed by atoms with Crippen molar-refractivity contribution in [1.82, 2.24) is 0 Å². The normalized spacial score (nSPS) is 14.0. The Kier molecular flexibility index (Phi) is 19.2. The van der Waals surface area contributed by atoms with E-state index in [-0.39, 0.29) is 0 Å². The highest BCUT2D eigenvalue weighted by atomic mass is 14.6. The second-order valence-electron chi connectivity index (χ2n) is 7.92. The van der Waals surface area contributed by atoms with Gasteiger partial charge < -0.3 is 11.5 Å². The molecular weight excluding hydrogens is 292 g/mol. The quantitative estimate of drug-likeness (QED) is 0.257. The van der Waals surface area contributed by atoms with Gasteiger partial charge in [-0.15, -0.1) is 0 Å². The maximum atomic E-state index is 6.24. The molecule has 2 atom stereocenters. The molecule has 0 aliphatic carbocycles. The van der Waals surface area contributed by atoms with Crippen LogP contribution < -0.4 is 11.5 Å². The van der Waals surface area contributed by atoms with Gasteiger partial charge in [0.05, 0.1) is 0 Å². The van der Waals surface area contributed by atoms with Crippen molar-refractivity contribution >= 4 is 0 Å². The molecule has 0 spiro atoms. The Labute approximate surface area is 153 Å². The first kappa shape index (κ1) is 23.9. The SMILES string of the molecule is CCCCCCCCCCCCCC(N)CCCCC(N)CCC. The first-order valence-electron chi connectivity index (χ1n) is 11.2. The van der Waals surface area contributed by atoms with Gasteiger partial charge in [0.25, 0.3) is 0 Å². The summed E-state index contributed by atoms with van der Waals surface area (Å²) in [6, 6.07) is 0.837.